The molecule has 0 aliphatic rings. The molecule has 0 fully saturated rings. The maximum atomic E-state index is 10.7. The maximum absolute atomic E-state index is 10.7. The average molecular weight is 217 g/mol. The Hall–Kier alpha value is -2.30. The van der Waals surface area contributed by atoms with E-state index in [2.05, 4.69) is 0 Å². The summed E-state index contributed by atoms with van der Waals surface area (Å²) in [5.74, 6) is -3.39. The third kappa shape index (κ3) is 1.52. The van der Waals surface area contributed by atoms with Gasteiger partial charge in [0.25, 0.3) is 0 Å². The molecule has 0 atom stereocenters. The molecule has 16 heavy (non-hydrogen) atoms. The number of carboxylic acids is 2. The highest BCUT2D eigenvalue weighted by Gasteiger charge is 2.15. The first-order valence-electron chi connectivity index (χ1n) is 4.58. The molecule has 5 heteroatoms. The van der Waals surface area contributed by atoms with Crippen LogP contribution in [0.1, 0.15) is 6.04 Å². The highest BCUT2D eigenvalue weighted by atomic mass is 16.4. The highest BCUT2D eigenvalue weighted by molar-refractivity contribution is 5.95. The van der Waals surface area contributed by atoms with E-state index in [9.17, 15) is 19.8 Å². The van der Waals surface area contributed by atoms with Crippen molar-refractivity contribution in [1.29, 1.82) is 0 Å². The van der Waals surface area contributed by atoms with Gasteiger partial charge < -0.3 is 24.4 Å². The van der Waals surface area contributed by atoms with E-state index in [1.54, 1.807) is 30.3 Å². The minimum absolute atomic E-state index is 0.515. The quantitative estimate of drug-likeness (QED) is 0.597. The lowest BCUT2D eigenvalue weighted by Gasteiger charge is -2.21. The summed E-state index contributed by atoms with van der Waals surface area (Å²) in [4.78, 5) is 21.5. The van der Waals surface area contributed by atoms with E-state index < -0.39 is 18.0 Å². The summed E-state index contributed by atoms with van der Waals surface area (Å²) in [7, 11) is 0. The van der Waals surface area contributed by atoms with Crippen molar-refractivity contribution in [2.75, 3.05) is 0 Å². The SMILES string of the molecule is O=C([O-])C(C(=O)[O-])n1ccc2ccccc21. The summed E-state index contributed by atoms with van der Waals surface area (Å²) in [6.45, 7) is 0. The summed E-state index contributed by atoms with van der Waals surface area (Å²) in [5, 5.41) is 22.2. The first-order chi connectivity index (χ1) is 7.61. The summed E-state index contributed by atoms with van der Waals surface area (Å²) in [6.07, 6.45) is 1.39. The Morgan fingerprint density at radius 1 is 1.06 bits per heavy atom. The van der Waals surface area contributed by atoms with Gasteiger partial charge in [0.15, 0.2) is 0 Å². The van der Waals surface area contributed by atoms with Crippen molar-refractivity contribution in [1.82, 2.24) is 4.57 Å². The van der Waals surface area contributed by atoms with Gasteiger partial charge in [-0.15, -0.1) is 0 Å². The van der Waals surface area contributed by atoms with Crippen molar-refractivity contribution in [3.05, 3.63) is 36.5 Å². The smallest absolute Gasteiger partial charge is 0.113 e. The number of fused-ring (bicyclic) bond motifs is 1. The molecule has 0 saturated carbocycles. The van der Waals surface area contributed by atoms with Crippen molar-refractivity contribution >= 4 is 22.8 Å². The molecule has 0 N–H and O–H groups in total. The lowest BCUT2D eigenvalue weighted by Crippen LogP contribution is -2.44. The molecule has 0 bridgehead atoms. The first kappa shape index (κ1) is 10.2. The second-order valence-electron chi connectivity index (χ2n) is 3.32. The Morgan fingerprint density at radius 3 is 2.31 bits per heavy atom. The van der Waals surface area contributed by atoms with Crippen LogP contribution in [-0.4, -0.2) is 16.5 Å². The number of para-hydroxylation sites is 1. The van der Waals surface area contributed by atoms with Gasteiger partial charge in [-0.05, 0) is 17.5 Å². The Labute approximate surface area is 90.5 Å². The van der Waals surface area contributed by atoms with Gasteiger partial charge >= 0.3 is 0 Å². The zero-order valence-electron chi connectivity index (χ0n) is 8.12. The lowest BCUT2D eigenvalue weighted by molar-refractivity contribution is -0.329. The van der Waals surface area contributed by atoms with Crippen LogP contribution < -0.4 is 10.2 Å². The van der Waals surface area contributed by atoms with Crippen LogP contribution in [0.15, 0.2) is 36.5 Å². The molecule has 0 aliphatic heterocycles. The maximum Gasteiger partial charge on any atom is 0.113 e. The second kappa shape index (κ2) is 3.69. The Bertz CT molecular complexity index is 544. The van der Waals surface area contributed by atoms with Crippen LogP contribution in [0.5, 0.6) is 0 Å². The minimum Gasteiger partial charge on any atom is -0.547 e. The second-order valence-corrected chi connectivity index (χ2v) is 3.32. The molecular formula is C11H7NO4-2. The topological polar surface area (TPSA) is 85.2 Å². The molecular weight excluding hydrogens is 210 g/mol. The summed E-state index contributed by atoms with van der Waals surface area (Å²) >= 11 is 0. The third-order valence-corrected chi connectivity index (χ3v) is 2.35. The van der Waals surface area contributed by atoms with Gasteiger partial charge in [-0.1, -0.05) is 18.2 Å². The Kier molecular flexibility index (Phi) is 2.36. The molecule has 0 radical (unpaired) electrons. The van der Waals surface area contributed by atoms with Crippen molar-refractivity contribution in [2.45, 2.75) is 6.04 Å². The first-order valence-corrected chi connectivity index (χ1v) is 4.58. The highest BCUT2D eigenvalue weighted by Crippen LogP contribution is 2.19. The zero-order valence-corrected chi connectivity index (χ0v) is 8.12. The van der Waals surface area contributed by atoms with Crippen LogP contribution in [0.3, 0.4) is 0 Å². The summed E-state index contributed by atoms with van der Waals surface area (Å²) < 4.78 is 1.11. The van der Waals surface area contributed by atoms with Crippen LogP contribution >= 0.6 is 0 Å². The predicted octanol–water partition coefficient (Wildman–Crippen LogP) is -1.32. The Balaban J connectivity index is 2.61. The van der Waals surface area contributed by atoms with Crippen molar-refractivity contribution in [3.63, 3.8) is 0 Å². The average Bonchev–Trinajstić information content (AvgIpc) is 2.61. The normalized spacial score (nSPS) is 10.8. The summed E-state index contributed by atoms with van der Waals surface area (Å²) in [5.41, 5.74) is 0.515. The van der Waals surface area contributed by atoms with E-state index in [-0.39, 0.29) is 0 Å². The van der Waals surface area contributed by atoms with Crippen LogP contribution in [0, 0.1) is 0 Å². The van der Waals surface area contributed by atoms with Crippen LogP contribution in [0.4, 0.5) is 0 Å². The van der Waals surface area contributed by atoms with Crippen LogP contribution in [0.25, 0.3) is 10.9 Å². The predicted molar refractivity (Wildman–Crippen MR) is 51.0 cm³/mol. The molecule has 5 nitrogen and oxygen atoms in total. The largest absolute Gasteiger partial charge is 0.547 e. The lowest BCUT2D eigenvalue weighted by atomic mass is 10.2. The molecule has 1 aromatic carbocycles. The van der Waals surface area contributed by atoms with Gasteiger partial charge in [0.05, 0.1) is 11.9 Å². The van der Waals surface area contributed by atoms with Gasteiger partial charge in [0.1, 0.15) is 6.04 Å². The molecule has 82 valence electrons. The standard InChI is InChI=1S/C11H9NO4/c13-10(14)9(11(15)16)12-6-5-7-3-1-2-4-8(7)12/h1-6,9H,(H,13,14)(H,15,16)/p-2. The fourth-order valence-electron chi connectivity index (χ4n) is 1.65. The number of aromatic nitrogens is 1. The number of carbonyl (C=O) groups is 2. The van der Waals surface area contributed by atoms with Gasteiger partial charge in [0, 0.05) is 11.7 Å². The number of carbonyl (C=O) groups excluding carboxylic acids is 2. The Morgan fingerprint density at radius 2 is 1.69 bits per heavy atom. The van der Waals surface area contributed by atoms with Crippen molar-refractivity contribution in [3.8, 4) is 0 Å². The zero-order chi connectivity index (χ0) is 11.7. The number of hydrogen-bond donors (Lipinski definition) is 0. The van der Waals surface area contributed by atoms with Gasteiger partial charge in [-0.25, -0.2) is 0 Å². The van der Waals surface area contributed by atoms with E-state index in [0.29, 0.717) is 5.52 Å². The fraction of sp³-hybridized carbons (Fsp3) is 0.0909. The molecule has 0 amide bonds. The summed E-state index contributed by atoms with van der Waals surface area (Å²) in [6, 6.07) is 6.69. The van der Waals surface area contributed by atoms with Gasteiger partial charge in [0.2, 0.25) is 0 Å². The molecule has 0 unspecified atom stereocenters. The molecule has 2 aromatic rings. The van der Waals surface area contributed by atoms with E-state index in [0.717, 1.165) is 9.95 Å². The van der Waals surface area contributed by atoms with E-state index in [1.165, 1.54) is 6.20 Å². The van der Waals surface area contributed by atoms with Crippen LogP contribution in [0.2, 0.25) is 0 Å². The molecule has 1 aromatic heterocycles. The molecule has 0 aliphatic carbocycles. The number of nitrogens with zero attached hydrogens (tertiary/aromatic N) is 1. The van der Waals surface area contributed by atoms with Crippen molar-refractivity contribution < 1.29 is 19.8 Å². The molecule has 1 heterocycles. The van der Waals surface area contributed by atoms with E-state index in [1.807, 2.05) is 0 Å². The van der Waals surface area contributed by atoms with Gasteiger partial charge in [-0.2, -0.15) is 0 Å². The third-order valence-electron chi connectivity index (χ3n) is 2.35. The van der Waals surface area contributed by atoms with Gasteiger partial charge in [-0.3, -0.25) is 0 Å². The fourth-order valence-corrected chi connectivity index (χ4v) is 1.65. The van der Waals surface area contributed by atoms with Crippen molar-refractivity contribution in [2.24, 2.45) is 0 Å². The number of aliphatic carboxylic acids is 2. The van der Waals surface area contributed by atoms with E-state index in [4.69, 9.17) is 0 Å². The number of carboxylic acid groups (broad SMARTS) is 2. The molecule has 0 saturated heterocycles. The molecule has 0 spiro atoms. The van der Waals surface area contributed by atoms with E-state index >= 15 is 0 Å². The molecule has 2 rings (SSSR count). The number of hydrogen-bond acceptors (Lipinski definition) is 4. The van der Waals surface area contributed by atoms with Crippen LogP contribution in [-0.2, 0) is 9.59 Å². The minimum atomic E-state index is -1.81. The monoisotopic (exact) mass is 217 g/mol. The number of benzene rings is 1. The number of rotatable bonds is 3.